The van der Waals surface area contributed by atoms with Crippen LogP contribution < -0.4 is 5.30 Å². The molecule has 121 valence electrons. The standard InChI is InChI=1S/C18H27ClP.Pd/c1-15-10-12-18(13-11-15)20(14-19,16-6-2-3-7-16)17-8-4-5-9-17;/h10-14,16-17,20H,2-9H2,1H3;. The number of alkyl halides is 1. The van der Waals surface area contributed by atoms with E-state index in [9.17, 15) is 0 Å². The summed E-state index contributed by atoms with van der Waals surface area (Å²) in [5.74, 6) is 0. The average Bonchev–Trinajstić information content (AvgIpc) is 3.15. The van der Waals surface area contributed by atoms with Crippen molar-refractivity contribution >= 4 is 24.2 Å². The molecule has 0 nitrogen and oxygen atoms in total. The minimum absolute atomic E-state index is 0.217. The Kier molecular flexibility index (Phi) is 5.50. The van der Waals surface area contributed by atoms with Gasteiger partial charge >= 0.3 is 146 Å². The number of aryl methyl sites for hydroxylation is 1. The van der Waals surface area contributed by atoms with Crippen LogP contribution in [-0.2, 0) is 19.2 Å². The second kappa shape index (κ2) is 7.01. The molecule has 0 spiro atoms. The van der Waals surface area contributed by atoms with Crippen LogP contribution in [0.3, 0.4) is 0 Å². The first kappa shape index (κ1) is 16.5. The van der Waals surface area contributed by atoms with Gasteiger partial charge in [-0.25, -0.2) is 0 Å². The molecule has 0 amide bonds. The fourth-order valence-corrected chi connectivity index (χ4v) is 15.3. The van der Waals surface area contributed by atoms with Crippen LogP contribution in [0.2, 0.25) is 0 Å². The molecule has 0 bridgehead atoms. The van der Waals surface area contributed by atoms with E-state index in [4.69, 9.17) is 11.6 Å². The van der Waals surface area contributed by atoms with Crippen LogP contribution in [0.25, 0.3) is 0 Å². The third-order valence-corrected chi connectivity index (χ3v) is 15.1. The quantitative estimate of drug-likeness (QED) is 0.354. The molecule has 3 rings (SSSR count). The van der Waals surface area contributed by atoms with Crippen molar-refractivity contribution in [1.29, 1.82) is 0 Å². The van der Waals surface area contributed by atoms with Gasteiger partial charge in [0.25, 0.3) is 0 Å². The molecule has 1 aromatic carbocycles. The van der Waals surface area contributed by atoms with E-state index in [0.717, 1.165) is 11.3 Å². The normalized spacial score (nSPS) is 23.6. The second-order valence-corrected chi connectivity index (χ2v) is 14.7. The SMILES string of the molecule is Cc1ccc([PH]([CH](Cl)[Pd])(C2CCCC2)C2CCCC2)cc1. The zero-order valence-corrected chi connectivity index (χ0v) is 16.2. The summed E-state index contributed by atoms with van der Waals surface area (Å²) in [5.41, 5.74) is 3.14. The first-order valence-electron chi connectivity index (χ1n) is 8.47. The molecule has 0 aliphatic heterocycles. The molecule has 1 aromatic rings. The number of halogens is 1. The average molecular weight is 416 g/mol. The van der Waals surface area contributed by atoms with Crippen LogP contribution in [0.1, 0.15) is 56.9 Å². The van der Waals surface area contributed by atoms with Crippen molar-refractivity contribution in [2.45, 2.75) is 73.2 Å². The Hall–Kier alpha value is 0.602. The van der Waals surface area contributed by atoms with Gasteiger partial charge in [0, 0.05) is 0 Å². The van der Waals surface area contributed by atoms with Gasteiger partial charge < -0.3 is 0 Å². The fourth-order valence-electron chi connectivity index (χ4n) is 4.90. The number of hydrogen-bond donors (Lipinski definition) is 0. The molecule has 21 heavy (non-hydrogen) atoms. The van der Waals surface area contributed by atoms with Crippen LogP contribution in [-0.4, -0.2) is 14.9 Å². The van der Waals surface area contributed by atoms with Crippen LogP contribution in [0, 0.1) is 6.92 Å². The Labute approximate surface area is 146 Å². The zero-order chi connectivity index (χ0) is 14.9. The van der Waals surface area contributed by atoms with E-state index in [1.54, 1.807) is 5.30 Å². The van der Waals surface area contributed by atoms with Gasteiger partial charge in [-0.2, -0.15) is 0 Å². The van der Waals surface area contributed by atoms with Crippen molar-refractivity contribution < 1.29 is 19.2 Å². The van der Waals surface area contributed by atoms with E-state index in [2.05, 4.69) is 50.4 Å². The fraction of sp³-hybridized carbons (Fsp3) is 0.667. The second-order valence-electron chi connectivity index (χ2n) is 7.03. The molecule has 2 aliphatic carbocycles. The van der Waals surface area contributed by atoms with E-state index in [0.29, 0.717) is 0 Å². The summed E-state index contributed by atoms with van der Waals surface area (Å²) in [4.78, 5) is 0. The first-order chi connectivity index (χ1) is 10.2. The molecular weight excluding hydrogens is 389 g/mol. The Morgan fingerprint density at radius 3 is 1.76 bits per heavy atom. The van der Waals surface area contributed by atoms with Gasteiger partial charge in [-0.1, -0.05) is 0 Å². The molecule has 1 atom stereocenters. The number of hydrogen-bond acceptors (Lipinski definition) is 0. The van der Waals surface area contributed by atoms with E-state index < -0.39 is 7.26 Å². The summed E-state index contributed by atoms with van der Waals surface area (Å²) in [6.07, 6.45) is 11.3. The Bertz CT molecular complexity index is 443. The van der Waals surface area contributed by atoms with Gasteiger partial charge in [-0.3, -0.25) is 0 Å². The van der Waals surface area contributed by atoms with Gasteiger partial charge in [0.05, 0.1) is 0 Å². The summed E-state index contributed by atoms with van der Waals surface area (Å²) in [7, 11) is -1.71. The first-order valence-corrected chi connectivity index (χ1v) is 12.0. The van der Waals surface area contributed by atoms with E-state index in [-0.39, 0.29) is 3.59 Å². The van der Waals surface area contributed by atoms with Gasteiger partial charge in [0.15, 0.2) is 0 Å². The third-order valence-electron chi connectivity index (χ3n) is 5.94. The van der Waals surface area contributed by atoms with Crippen molar-refractivity contribution in [3.05, 3.63) is 29.8 Å². The Morgan fingerprint density at radius 1 is 0.952 bits per heavy atom. The summed E-state index contributed by atoms with van der Waals surface area (Å²) < 4.78 is 0.217. The molecule has 2 saturated carbocycles. The van der Waals surface area contributed by atoms with Gasteiger partial charge in [0.1, 0.15) is 0 Å². The van der Waals surface area contributed by atoms with Crippen LogP contribution in [0.4, 0.5) is 0 Å². The molecule has 0 N–H and O–H groups in total. The Balaban J connectivity index is 2.08. The predicted molar refractivity (Wildman–Crippen MR) is 93.3 cm³/mol. The van der Waals surface area contributed by atoms with Gasteiger partial charge in [-0.15, -0.1) is 0 Å². The van der Waals surface area contributed by atoms with Crippen molar-refractivity contribution in [1.82, 2.24) is 0 Å². The van der Waals surface area contributed by atoms with Crippen molar-refractivity contribution in [3.8, 4) is 0 Å². The molecule has 2 aliphatic rings. The monoisotopic (exact) mass is 415 g/mol. The summed E-state index contributed by atoms with van der Waals surface area (Å²) in [6.45, 7) is 2.19. The summed E-state index contributed by atoms with van der Waals surface area (Å²) in [6, 6.07) is 9.44. The molecule has 0 aromatic heterocycles. The minimum atomic E-state index is -1.71. The number of rotatable bonds is 4. The van der Waals surface area contributed by atoms with E-state index >= 15 is 0 Å². The van der Waals surface area contributed by atoms with Crippen LogP contribution in [0.15, 0.2) is 24.3 Å². The number of benzene rings is 1. The van der Waals surface area contributed by atoms with Crippen molar-refractivity contribution in [2.75, 3.05) is 0 Å². The maximum absolute atomic E-state index is 6.93. The maximum atomic E-state index is 6.93. The summed E-state index contributed by atoms with van der Waals surface area (Å²) in [5, 5.41) is 1.62. The summed E-state index contributed by atoms with van der Waals surface area (Å²) >= 11 is 10.5. The van der Waals surface area contributed by atoms with Gasteiger partial charge in [0.2, 0.25) is 0 Å². The van der Waals surface area contributed by atoms with E-state index in [1.165, 1.54) is 56.9 Å². The molecule has 0 radical (unpaired) electrons. The van der Waals surface area contributed by atoms with E-state index in [1.807, 2.05) is 0 Å². The van der Waals surface area contributed by atoms with Crippen LogP contribution >= 0.6 is 18.9 Å². The van der Waals surface area contributed by atoms with Crippen LogP contribution in [0.5, 0.6) is 0 Å². The van der Waals surface area contributed by atoms with Gasteiger partial charge in [-0.05, 0) is 0 Å². The van der Waals surface area contributed by atoms with Crippen molar-refractivity contribution in [3.63, 3.8) is 0 Å². The molecule has 0 heterocycles. The molecule has 3 heteroatoms. The third kappa shape index (κ3) is 3.02. The molecule has 1 unspecified atom stereocenters. The topological polar surface area (TPSA) is 0 Å². The molecular formula is C18H27ClPPd. The molecule has 2 fully saturated rings. The van der Waals surface area contributed by atoms with Crippen molar-refractivity contribution in [2.24, 2.45) is 0 Å². The predicted octanol–water partition coefficient (Wildman–Crippen LogP) is 5.32. The molecule has 0 saturated heterocycles. The Morgan fingerprint density at radius 2 is 1.38 bits per heavy atom. The zero-order valence-electron chi connectivity index (χ0n) is 12.9.